The highest BCUT2D eigenvalue weighted by Crippen LogP contribution is 2.40. The minimum Gasteiger partial charge on any atom is -0.403 e. The number of anilines is 1. The summed E-state index contributed by atoms with van der Waals surface area (Å²) >= 11 is 0. The van der Waals surface area contributed by atoms with Crippen LogP contribution < -0.4 is 16.1 Å². The average Bonchev–Trinajstić information content (AvgIpc) is 2.68. The van der Waals surface area contributed by atoms with Gasteiger partial charge in [0.15, 0.2) is 0 Å². The number of benzene rings is 3. The van der Waals surface area contributed by atoms with Gasteiger partial charge in [-0.2, -0.15) is 0 Å². The highest BCUT2D eigenvalue weighted by Gasteiger charge is 2.34. The topological polar surface area (TPSA) is 35.2 Å². The van der Waals surface area contributed by atoms with E-state index in [1.54, 1.807) is 0 Å². The lowest BCUT2D eigenvalue weighted by Crippen LogP contribution is -2.47. The fraction of sp³-hybridized carbons (Fsp3) is 0.280. The molecule has 0 spiro atoms. The van der Waals surface area contributed by atoms with Crippen molar-refractivity contribution >= 4 is 25.1 Å². The first-order chi connectivity index (χ1) is 13.3. The summed E-state index contributed by atoms with van der Waals surface area (Å²) in [7, 11) is -1.88. The molecule has 3 heteroatoms. The van der Waals surface area contributed by atoms with E-state index in [9.17, 15) is 0 Å². The maximum Gasteiger partial charge on any atom is 0.240 e. The van der Waals surface area contributed by atoms with E-state index in [0.717, 1.165) is 11.3 Å². The lowest BCUT2D eigenvalue weighted by molar-refractivity contribution is 0.0886. The van der Waals surface area contributed by atoms with E-state index in [-0.39, 0.29) is 11.5 Å². The zero-order chi connectivity index (χ0) is 20.3. The van der Waals surface area contributed by atoms with Gasteiger partial charge >= 0.3 is 0 Å². The molecule has 3 aromatic rings. The van der Waals surface area contributed by atoms with Crippen molar-refractivity contribution in [1.82, 2.24) is 0 Å². The predicted molar refractivity (Wildman–Crippen MR) is 123 cm³/mol. The van der Waals surface area contributed by atoms with Crippen molar-refractivity contribution in [2.75, 3.05) is 5.73 Å². The van der Waals surface area contributed by atoms with Crippen molar-refractivity contribution in [3.63, 3.8) is 0 Å². The van der Waals surface area contributed by atoms with Crippen LogP contribution >= 0.6 is 0 Å². The Morgan fingerprint density at radius 3 is 1.75 bits per heavy atom. The molecule has 3 rings (SSSR count). The van der Waals surface area contributed by atoms with E-state index in [2.05, 4.69) is 101 Å². The Kier molecular flexibility index (Phi) is 6.06. The van der Waals surface area contributed by atoms with Crippen molar-refractivity contribution in [3.05, 3.63) is 89.5 Å². The molecule has 0 saturated heterocycles. The number of rotatable bonds is 5. The van der Waals surface area contributed by atoms with E-state index < -0.39 is 9.04 Å². The zero-order valence-electron chi connectivity index (χ0n) is 17.6. The van der Waals surface area contributed by atoms with Crippen molar-refractivity contribution < 1.29 is 4.43 Å². The Balaban J connectivity index is 2.12. The minimum absolute atomic E-state index is 0.0342. The molecule has 3 aromatic carbocycles. The Bertz CT molecular complexity index is 877. The van der Waals surface area contributed by atoms with Gasteiger partial charge in [-0.25, -0.2) is 0 Å². The smallest absolute Gasteiger partial charge is 0.240 e. The third-order valence-electron chi connectivity index (χ3n) is 5.30. The molecule has 0 radical (unpaired) electrons. The summed E-state index contributed by atoms with van der Waals surface area (Å²) in [4.78, 5) is 0. The Hall–Kier alpha value is -2.36. The summed E-state index contributed by atoms with van der Waals surface area (Å²) in [5.74, 6) is 0. The van der Waals surface area contributed by atoms with Crippen molar-refractivity contribution in [1.29, 1.82) is 0 Å². The molecule has 0 saturated carbocycles. The molecule has 2 nitrogen and oxygen atoms in total. The van der Waals surface area contributed by atoms with Gasteiger partial charge in [0.25, 0.3) is 0 Å². The van der Waals surface area contributed by atoms with Crippen LogP contribution in [0.4, 0.5) is 5.69 Å². The number of hydrogen-bond acceptors (Lipinski definition) is 2. The molecule has 0 amide bonds. The molecule has 0 bridgehead atoms. The molecule has 0 aliphatic carbocycles. The highest BCUT2D eigenvalue weighted by molar-refractivity contribution is 6.80. The standard InChI is InChI=1S/C25H31NOSi/c1-18-16-17-22(26)19(2)23(18)24(25(3,4)5)27-28(20-12-8-6-9-13-20)21-14-10-7-11-15-21/h6-17,24,28H,26H2,1-5H3. The molecular weight excluding hydrogens is 358 g/mol. The van der Waals surface area contributed by atoms with E-state index in [0.29, 0.717) is 0 Å². The second-order valence-corrected chi connectivity index (χ2v) is 11.0. The van der Waals surface area contributed by atoms with Gasteiger partial charge in [0.1, 0.15) is 0 Å². The van der Waals surface area contributed by atoms with Crippen LogP contribution in [0.15, 0.2) is 72.8 Å². The van der Waals surface area contributed by atoms with Crippen LogP contribution in [0.3, 0.4) is 0 Å². The van der Waals surface area contributed by atoms with Gasteiger partial charge in [-0.05, 0) is 52.4 Å². The van der Waals surface area contributed by atoms with Gasteiger partial charge in [0.2, 0.25) is 9.04 Å². The van der Waals surface area contributed by atoms with Crippen molar-refractivity contribution in [2.24, 2.45) is 5.41 Å². The van der Waals surface area contributed by atoms with Gasteiger partial charge in [-0.15, -0.1) is 0 Å². The van der Waals surface area contributed by atoms with E-state index >= 15 is 0 Å². The number of nitrogens with two attached hydrogens (primary N) is 1. The SMILES string of the molecule is Cc1ccc(N)c(C)c1C(O[SiH](c1ccccc1)c1ccccc1)C(C)(C)C. The molecular formula is C25H31NOSi. The lowest BCUT2D eigenvalue weighted by Gasteiger charge is -2.37. The highest BCUT2D eigenvalue weighted by atomic mass is 28.3. The third kappa shape index (κ3) is 4.37. The maximum absolute atomic E-state index is 7.07. The molecule has 0 aromatic heterocycles. The van der Waals surface area contributed by atoms with Crippen LogP contribution in [0.1, 0.15) is 43.6 Å². The fourth-order valence-corrected chi connectivity index (χ4v) is 6.39. The molecule has 2 N–H and O–H groups in total. The number of hydrogen-bond donors (Lipinski definition) is 1. The molecule has 1 atom stereocenters. The van der Waals surface area contributed by atoms with Crippen molar-refractivity contribution in [3.8, 4) is 0 Å². The normalized spacial score (nSPS) is 12.9. The molecule has 28 heavy (non-hydrogen) atoms. The van der Waals surface area contributed by atoms with Gasteiger partial charge < -0.3 is 10.2 Å². The molecule has 1 unspecified atom stereocenters. The summed E-state index contributed by atoms with van der Waals surface area (Å²) < 4.78 is 7.07. The lowest BCUT2D eigenvalue weighted by atomic mass is 9.81. The second kappa shape index (κ2) is 8.34. The van der Waals surface area contributed by atoms with E-state index in [1.807, 2.05) is 6.07 Å². The first-order valence-electron chi connectivity index (χ1n) is 9.90. The van der Waals surface area contributed by atoms with E-state index in [4.69, 9.17) is 10.2 Å². The molecule has 0 heterocycles. The Labute approximate surface area is 171 Å². The molecule has 0 aliphatic rings. The first kappa shape index (κ1) is 20.4. The van der Waals surface area contributed by atoms with Crippen LogP contribution in [0.25, 0.3) is 0 Å². The van der Waals surface area contributed by atoms with Gasteiger partial charge in [0, 0.05) is 5.69 Å². The summed E-state index contributed by atoms with van der Waals surface area (Å²) in [6, 6.07) is 25.4. The summed E-state index contributed by atoms with van der Waals surface area (Å²) in [6.45, 7) is 11.0. The van der Waals surface area contributed by atoms with E-state index in [1.165, 1.54) is 21.5 Å². The van der Waals surface area contributed by atoms with Gasteiger partial charge in [-0.3, -0.25) is 0 Å². The van der Waals surface area contributed by atoms with Gasteiger partial charge in [0.05, 0.1) is 6.10 Å². The average molecular weight is 390 g/mol. The van der Waals surface area contributed by atoms with Crippen LogP contribution in [0.5, 0.6) is 0 Å². The summed E-state index contributed by atoms with van der Waals surface area (Å²) in [5.41, 5.74) is 10.7. The van der Waals surface area contributed by atoms with Crippen LogP contribution in [-0.4, -0.2) is 9.04 Å². The molecule has 0 fully saturated rings. The minimum atomic E-state index is -1.88. The summed E-state index contributed by atoms with van der Waals surface area (Å²) in [5, 5.41) is 2.59. The van der Waals surface area contributed by atoms with Crippen LogP contribution in [-0.2, 0) is 4.43 Å². The zero-order valence-corrected chi connectivity index (χ0v) is 18.7. The second-order valence-electron chi connectivity index (χ2n) is 8.59. The van der Waals surface area contributed by atoms with Crippen molar-refractivity contribution in [2.45, 2.75) is 40.7 Å². The predicted octanol–water partition coefficient (Wildman–Crippen LogP) is 4.53. The fourth-order valence-electron chi connectivity index (χ4n) is 3.73. The molecule has 146 valence electrons. The maximum atomic E-state index is 7.07. The first-order valence-corrected chi connectivity index (χ1v) is 11.5. The number of aryl methyl sites for hydroxylation is 1. The van der Waals surface area contributed by atoms with Crippen LogP contribution in [0.2, 0.25) is 0 Å². The number of nitrogen functional groups attached to an aromatic ring is 1. The largest absolute Gasteiger partial charge is 0.403 e. The summed E-state index contributed by atoms with van der Waals surface area (Å²) in [6.07, 6.45) is -0.0342. The quantitative estimate of drug-likeness (QED) is 0.514. The monoisotopic (exact) mass is 389 g/mol. The Morgan fingerprint density at radius 2 is 1.29 bits per heavy atom. The van der Waals surface area contributed by atoms with Crippen LogP contribution in [0, 0.1) is 19.3 Å². The molecule has 0 aliphatic heterocycles. The van der Waals surface area contributed by atoms with Gasteiger partial charge in [-0.1, -0.05) is 87.5 Å². The third-order valence-corrected chi connectivity index (χ3v) is 7.83. The Morgan fingerprint density at radius 1 is 0.786 bits per heavy atom.